The van der Waals surface area contributed by atoms with E-state index >= 15 is 0 Å². The van der Waals surface area contributed by atoms with Crippen LogP contribution in [0, 0.1) is 0 Å². The normalized spacial score (nSPS) is 12.0. The van der Waals surface area contributed by atoms with Crippen LogP contribution in [0.1, 0.15) is 31.9 Å². The minimum atomic E-state index is -0.246. The van der Waals surface area contributed by atoms with Crippen molar-refractivity contribution in [3.8, 4) is 0 Å². The zero-order chi connectivity index (χ0) is 15.2. The summed E-state index contributed by atoms with van der Waals surface area (Å²) < 4.78 is 2.92. The maximum atomic E-state index is 12.3. The Labute approximate surface area is 134 Å². The summed E-state index contributed by atoms with van der Waals surface area (Å²) in [4.78, 5) is 12.3. The van der Waals surface area contributed by atoms with Crippen molar-refractivity contribution >= 4 is 27.5 Å². The second-order valence-electron chi connectivity index (χ2n) is 5.08. The van der Waals surface area contributed by atoms with E-state index in [2.05, 4.69) is 40.3 Å². The number of carbonyl (C=O) groups excluding carboxylic acids is 1. The largest absolute Gasteiger partial charge is 0.320 e. The van der Waals surface area contributed by atoms with Gasteiger partial charge in [-0.25, -0.2) is 0 Å². The monoisotopic (exact) mass is 347 g/mol. The molecule has 1 aromatic heterocycles. The highest BCUT2D eigenvalue weighted by Gasteiger charge is 2.21. The quantitative estimate of drug-likeness (QED) is 0.817. The van der Waals surface area contributed by atoms with Gasteiger partial charge in [0, 0.05) is 29.2 Å². The van der Waals surface area contributed by atoms with E-state index in [0.717, 1.165) is 23.0 Å². The molecule has 1 heterocycles. The average molecular weight is 348 g/mol. The predicted octanol–water partition coefficient (Wildman–Crippen LogP) is 3.89. The molecular formula is C17H20BrN2O+. The van der Waals surface area contributed by atoms with Gasteiger partial charge in [0.2, 0.25) is 6.04 Å². The van der Waals surface area contributed by atoms with Crippen LogP contribution in [0.4, 0.5) is 5.69 Å². The summed E-state index contributed by atoms with van der Waals surface area (Å²) in [7, 11) is 0. The zero-order valence-corrected chi connectivity index (χ0v) is 13.9. The average Bonchev–Trinajstić information content (AvgIpc) is 2.50. The molecule has 21 heavy (non-hydrogen) atoms. The van der Waals surface area contributed by atoms with E-state index in [0.29, 0.717) is 0 Å². The second-order valence-corrected chi connectivity index (χ2v) is 5.99. The number of pyridine rings is 1. The van der Waals surface area contributed by atoms with Gasteiger partial charge >= 0.3 is 0 Å². The van der Waals surface area contributed by atoms with Gasteiger partial charge in [-0.05, 0) is 36.2 Å². The van der Waals surface area contributed by atoms with E-state index < -0.39 is 0 Å². The fourth-order valence-electron chi connectivity index (χ4n) is 2.10. The smallest absolute Gasteiger partial charge is 0.293 e. The molecule has 0 aliphatic carbocycles. The highest BCUT2D eigenvalue weighted by molar-refractivity contribution is 9.10. The van der Waals surface area contributed by atoms with E-state index in [-0.39, 0.29) is 11.9 Å². The molecule has 0 bridgehead atoms. The number of amides is 1. The summed E-state index contributed by atoms with van der Waals surface area (Å²) in [5, 5.41) is 2.93. The third-order valence-corrected chi connectivity index (χ3v) is 3.93. The first-order chi connectivity index (χ1) is 10.1. The first-order valence-electron chi connectivity index (χ1n) is 7.16. The number of anilines is 1. The van der Waals surface area contributed by atoms with E-state index in [4.69, 9.17) is 0 Å². The molecule has 2 rings (SSSR count). The molecule has 0 aliphatic rings. The van der Waals surface area contributed by atoms with Crippen LogP contribution in [0.15, 0.2) is 53.3 Å². The van der Waals surface area contributed by atoms with E-state index in [1.165, 1.54) is 5.56 Å². The van der Waals surface area contributed by atoms with Gasteiger partial charge in [-0.2, -0.15) is 4.57 Å². The standard InChI is InChI=1S/C17H19BrN2O/c1-3-4-14-9-11-20(12-10-14)13(2)17(21)19-16-7-5-15(18)6-8-16/h5-13H,3-4H2,1-2H3/p+1/t13-/m0/s1. The topological polar surface area (TPSA) is 33.0 Å². The van der Waals surface area contributed by atoms with Crippen LogP contribution in [0.25, 0.3) is 0 Å². The molecule has 1 aromatic carbocycles. The van der Waals surface area contributed by atoms with Crippen LogP contribution < -0.4 is 9.88 Å². The molecule has 0 saturated heterocycles. The van der Waals surface area contributed by atoms with Crippen molar-refractivity contribution in [3.63, 3.8) is 0 Å². The molecule has 0 saturated carbocycles. The molecule has 2 aromatic rings. The van der Waals surface area contributed by atoms with Gasteiger partial charge in [0.05, 0.1) is 0 Å². The number of aryl methyl sites for hydroxylation is 1. The number of hydrogen-bond donors (Lipinski definition) is 1. The van der Waals surface area contributed by atoms with Crippen molar-refractivity contribution in [1.29, 1.82) is 0 Å². The molecule has 110 valence electrons. The molecule has 1 amide bonds. The fourth-order valence-corrected chi connectivity index (χ4v) is 2.36. The Morgan fingerprint density at radius 1 is 1.19 bits per heavy atom. The second kappa shape index (κ2) is 7.36. The maximum absolute atomic E-state index is 12.3. The molecule has 0 unspecified atom stereocenters. The van der Waals surface area contributed by atoms with Gasteiger partial charge in [0.1, 0.15) is 0 Å². The number of benzene rings is 1. The maximum Gasteiger partial charge on any atom is 0.293 e. The number of rotatable bonds is 5. The minimum absolute atomic E-state index is 0.0226. The number of aromatic nitrogens is 1. The lowest BCUT2D eigenvalue weighted by molar-refractivity contribution is -0.705. The molecule has 1 N–H and O–H groups in total. The molecule has 0 fully saturated rings. The van der Waals surface area contributed by atoms with E-state index in [1.54, 1.807) is 0 Å². The predicted molar refractivity (Wildman–Crippen MR) is 88.1 cm³/mol. The lowest BCUT2D eigenvalue weighted by Gasteiger charge is -2.09. The third-order valence-electron chi connectivity index (χ3n) is 3.40. The molecule has 4 heteroatoms. The summed E-state index contributed by atoms with van der Waals surface area (Å²) >= 11 is 3.38. The summed E-state index contributed by atoms with van der Waals surface area (Å²) in [6.45, 7) is 4.06. The molecule has 1 atom stereocenters. The highest BCUT2D eigenvalue weighted by Crippen LogP contribution is 2.15. The van der Waals surface area contributed by atoms with Crippen molar-refractivity contribution in [2.45, 2.75) is 32.7 Å². The Morgan fingerprint density at radius 2 is 1.81 bits per heavy atom. The Hall–Kier alpha value is -1.68. The van der Waals surface area contributed by atoms with Gasteiger partial charge in [0.25, 0.3) is 5.91 Å². The summed E-state index contributed by atoms with van der Waals surface area (Å²) in [5.74, 6) is -0.0226. The van der Waals surface area contributed by atoms with Gasteiger partial charge < -0.3 is 5.32 Å². The van der Waals surface area contributed by atoms with Crippen molar-refractivity contribution < 1.29 is 9.36 Å². The highest BCUT2D eigenvalue weighted by atomic mass is 79.9. The molecule has 0 aliphatic heterocycles. The van der Waals surface area contributed by atoms with Crippen LogP contribution in [0.5, 0.6) is 0 Å². The van der Waals surface area contributed by atoms with Crippen LogP contribution in [-0.4, -0.2) is 5.91 Å². The molecular weight excluding hydrogens is 328 g/mol. The number of nitrogens with one attached hydrogen (secondary N) is 1. The Balaban J connectivity index is 2.02. The van der Waals surface area contributed by atoms with Crippen LogP contribution >= 0.6 is 15.9 Å². The first-order valence-corrected chi connectivity index (χ1v) is 7.95. The number of hydrogen-bond acceptors (Lipinski definition) is 1. The lowest BCUT2D eigenvalue weighted by Crippen LogP contribution is -2.44. The summed E-state index contributed by atoms with van der Waals surface area (Å²) in [6, 6.07) is 11.5. The van der Waals surface area contributed by atoms with Crippen molar-refractivity contribution in [2.75, 3.05) is 5.32 Å². The van der Waals surface area contributed by atoms with Crippen LogP contribution in [-0.2, 0) is 11.2 Å². The zero-order valence-electron chi connectivity index (χ0n) is 12.3. The Bertz CT molecular complexity index is 593. The first kappa shape index (κ1) is 15.7. The minimum Gasteiger partial charge on any atom is -0.320 e. The lowest BCUT2D eigenvalue weighted by atomic mass is 10.1. The van der Waals surface area contributed by atoms with Gasteiger partial charge in [-0.1, -0.05) is 29.3 Å². The summed E-state index contributed by atoms with van der Waals surface area (Å²) in [6.07, 6.45) is 6.14. The third kappa shape index (κ3) is 4.39. The van der Waals surface area contributed by atoms with Gasteiger partial charge in [0.15, 0.2) is 12.4 Å². The Morgan fingerprint density at radius 3 is 2.38 bits per heavy atom. The molecule has 3 nitrogen and oxygen atoms in total. The molecule has 0 spiro atoms. The van der Waals surface area contributed by atoms with Gasteiger partial charge in [-0.3, -0.25) is 4.79 Å². The van der Waals surface area contributed by atoms with E-state index in [9.17, 15) is 4.79 Å². The molecule has 0 radical (unpaired) electrons. The van der Waals surface area contributed by atoms with Crippen molar-refractivity contribution in [3.05, 3.63) is 58.8 Å². The van der Waals surface area contributed by atoms with Crippen molar-refractivity contribution in [2.24, 2.45) is 0 Å². The van der Waals surface area contributed by atoms with E-state index in [1.807, 2.05) is 48.1 Å². The SMILES string of the molecule is CCCc1cc[n+]([C@@H](C)C(=O)Nc2ccc(Br)cc2)cc1. The summed E-state index contributed by atoms with van der Waals surface area (Å²) in [5.41, 5.74) is 2.10. The van der Waals surface area contributed by atoms with Gasteiger partial charge in [-0.15, -0.1) is 0 Å². The van der Waals surface area contributed by atoms with Crippen LogP contribution in [0.3, 0.4) is 0 Å². The fraction of sp³-hybridized carbons (Fsp3) is 0.294. The number of nitrogens with zero attached hydrogens (tertiary/aromatic N) is 1. The van der Waals surface area contributed by atoms with Crippen molar-refractivity contribution in [1.82, 2.24) is 0 Å². The Kier molecular flexibility index (Phi) is 5.51. The number of halogens is 1. The number of carbonyl (C=O) groups is 1. The van der Waals surface area contributed by atoms with Crippen LogP contribution in [0.2, 0.25) is 0 Å².